The van der Waals surface area contributed by atoms with Crippen LogP contribution in [0.25, 0.3) is 0 Å². The zero-order chi connectivity index (χ0) is 15.1. The fraction of sp³-hybridized carbons (Fsp3) is 0.188. The molecule has 5 heteroatoms. The van der Waals surface area contributed by atoms with Gasteiger partial charge in [0.25, 0.3) is 0 Å². The van der Waals surface area contributed by atoms with Crippen molar-refractivity contribution in [2.24, 2.45) is 0 Å². The highest BCUT2D eigenvalue weighted by atomic mass is 35.5. The van der Waals surface area contributed by atoms with E-state index in [1.807, 2.05) is 24.3 Å². The molecule has 0 saturated carbocycles. The van der Waals surface area contributed by atoms with Gasteiger partial charge in [-0.05, 0) is 23.8 Å². The number of carboxylic acid groups (broad SMARTS) is 1. The summed E-state index contributed by atoms with van der Waals surface area (Å²) in [5.41, 5.74) is 1.19. The maximum atomic E-state index is 11.0. The maximum Gasteiger partial charge on any atom is 0.339 e. The van der Waals surface area contributed by atoms with Crippen molar-refractivity contribution in [3.05, 3.63) is 64.7 Å². The van der Waals surface area contributed by atoms with Crippen LogP contribution in [0.2, 0.25) is 5.02 Å². The summed E-state index contributed by atoms with van der Waals surface area (Å²) in [7, 11) is 0. The monoisotopic (exact) mass is 305 g/mol. The SMILES string of the molecule is O=C(O)c1ccccc1OCCNCc1ccccc1Cl. The second kappa shape index (κ2) is 7.67. The van der Waals surface area contributed by atoms with E-state index in [0.717, 1.165) is 10.6 Å². The summed E-state index contributed by atoms with van der Waals surface area (Å²) in [4.78, 5) is 11.0. The summed E-state index contributed by atoms with van der Waals surface area (Å²) >= 11 is 6.05. The van der Waals surface area contributed by atoms with Crippen LogP contribution in [-0.2, 0) is 6.54 Å². The van der Waals surface area contributed by atoms with Crippen LogP contribution < -0.4 is 10.1 Å². The third kappa shape index (κ3) is 4.48. The lowest BCUT2D eigenvalue weighted by Crippen LogP contribution is -2.21. The first-order valence-electron chi connectivity index (χ1n) is 6.57. The molecule has 0 fully saturated rings. The van der Waals surface area contributed by atoms with Crippen LogP contribution in [0.1, 0.15) is 15.9 Å². The minimum atomic E-state index is -0.991. The van der Waals surface area contributed by atoms with E-state index >= 15 is 0 Å². The number of aromatic carboxylic acids is 1. The number of carboxylic acids is 1. The number of para-hydroxylation sites is 1. The van der Waals surface area contributed by atoms with Crippen molar-refractivity contribution in [3.63, 3.8) is 0 Å². The molecular weight excluding hydrogens is 290 g/mol. The number of hydrogen-bond acceptors (Lipinski definition) is 3. The van der Waals surface area contributed by atoms with Gasteiger partial charge in [-0.2, -0.15) is 0 Å². The number of rotatable bonds is 7. The third-order valence-electron chi connectivity index (χ3n) is 2.93. The molecule has 2 rings (SSSR count). The predicted molar refractivity (Wildman–Crippen MR) is 82.1 cm³/mol. The number of hydrogen-bond donors (Lipinski definition) is 2. The van der Waals surface area contributed by atoms with E-state index in [9.17, 15) is 4.79 Å². The van der Waals surface area contributed by atoms with Crippen molar-refractivity contribution in [3.8, 4) is 5.75 Å². The van der Waals surface area contributed by atoms with Crippen LogP contribution in [0, 0.1) is 0 Å². The Labute approximate surface area is 128 Å². The van der Waals surface area contributed by atoms with Gasteiger partial charge in [0.1, 0.15) is 17.9 Å². The van der Waals surface area contributed by atoms with E-state index in [1.54, 1.807) is 18.2 Å². The average Bonchev–Trinajstić information content (AvgIpc) is 2.49. The van der Waals surface area contributed by atoms with Gasteiger partial charge in [0.2, 0.25) is 0 Å². The molecule has 0 spiro atoms. The number of halogens is 1. The van der Waals surface area contributed by atoms with E-state index in [-0.39, 0.29) is 5.56 Å². The molecule has 0 aliphatic heterocycles. The highest BCUT2D eigenvalue weighted by Crippen LogP contribution is 2.17. The van der Waals surface area contributed by atoms with Gasteiger partial charge in [0.15, 0.2) is 0 Å². The molecule has 4 nitrogen and oxygen atoms in total. The van der Waals surface area contributed by atoms with Gasteiger partial charge < -0.3 is 15.2 Å². The molecule has 21 heavy (non-hydrogen) atoms. The van der Waals surface area contributed by atoms with Gasteiger partial charge in [0, 0.05) is 18.1 Å². The summed E-state index contributed by atoms with van der Waals surface area (Å²) in [6, 6.07) is 14.2. The highest BCUT2D eigenvalue weighted by molar-refractivity contribution is 6.31. The fourth-order valence-electron chi connectivity index (χ4n) is 1.87. The number of nitrogens with one attached hydrogen (secondary N) is 1. The van der Waals surface area contributed by atoms with E-state index < -0.39 is 5.97 Å². The molecule has 2 aromatic rings. The topological polar surface area (TPSA) is 58.6 Å². The molecule has 2 aromatic carbocycles. The summed E-state index contributed by atoms with van der Waals surface area (Å²) in [6.07, 6.45) is 0. The molecule has 2 N–H and O–H groups in total. The van der Waals surface area contributed by atoms with Crippen molar-refractivity contribution >= 4 is 17.6 Å². The van der Waals surface area contributed by atoms with Gasteiger partial charge in [0.05, 0.1) is 0 Å². The normalized spacial score (nSPS) is 10.3. The van der Waals surface area contributed by atoms with Gasteiger partial charge in [-0.3, -0.25) is 0 Å². The number of benzene rings is 2. The van der Waals surface area contributed by atoms with Gasteiger partial charge in [-0.25, -0.2) is 4.79 Å². The standard InChI is InChI=1S/C16H16ClNO3/c17-14-7-3-1-5-12(14)11-18-9-10-21-15-8-4-2-6-13(15)16(19)20/h1-8,18H,9-11H2,(H,19,20). The molecule has 0 aromatic heterocycles. The molecule has 110 valence electrons. The van der Waals surface area contributed by atoms with Crippen molar-refractivity contribution in [2.75, 3.05) is 13.2 Å². The van der Waals surface area contributed by atoms with Crippen molar-refractivity contribution in [1.29, 1.82) is 0 Å². The van der Waals surface area contributed by atoms with Crippen LogP contribution in [0.5, 0.6) is 5.75 Å². The zero-order valence-electron chi connectivity index (χ0n) is 11.4. The molecule has 0 aliphatic rings. The van der Waals surface area contributed by atoms with E-state index in [1.165, 1.54) is 6.07 Å². The Morgan fingerprint density at radius 1 is 1.14 bits per heavy atom. The first-order chi connectivity index (χ1) is 10.2. The Kier molecular flexibility index (Phi) is 5.60. The second-order valence-electron chi connectivity index (χ2n) is 4.42. The van der Waals surface area contributed by atoms with E-state index in [0.29, 0.717) is 25.4 Å². The van der Waals surface area contributed by atoms with E-state index in [4.69, 9.17) is 21.4 Å². The predicted octanol–water partition coefficient (Wildman–Crippen LogP) is 3.21. The lowest BCUT2D eigenvalue weighted by atomic mass is 10.2. The third-order valence-corrected chi connectivity index (χ3v) is 3.30. The largest absolute Gasteiger partial charge is 0.491 e. The molecule has 0 unspecified atom stereocenters. The molecule has 0 saturated heterocycles. The quantitative estimate of drug-likeness (QED) is 0.771. The molecular formula is C16H16ClNO3. The lowest BCUT2D eigenvalue weighted by Gasteiger charge is -2.10. The Hall–Kier alpha value is -2.04. The van der Waals surface area contributed by atoms with E-state index in [2.05, 4.69) is 5.32 Å². The number of carbonyl (C=O) groups is 1. The zero-order valence-corrected chi connectivity index (χ0v) is 12.1. The molecule has 0 aliphatic carbocycles. The summed E-state index contributed by atoms with van der Waals surface area (Å²) in [5.74, 6) is -0.612. The van der Waals surface area contributed by atoms with Crippen LogP contribution >= 0.6 is 11.6 Å². The smallest absolute Gasteiger partial charge is 0.339 e. The average molecular weight is 306 g/mol. The fourth-order valence-corrected chi connectivity index (χ4v) is 2.07. The van der Waals surface area contributed by atoms with Gasteiger partial charge in [-0.1, -0.05) is 41.9 Å². The molecule has 0 amide bonds. The molecule has 0 bridgehead atoms. The van der Waals surface area contributed by atoms with Gasteiger partial charge >= 0.3 is 5.97 Å². The first kappa shape index (κ1) is 15.4. The summed E-state index contributed by atoms with van der Waals surface area (Å²) in [5, 5.41) is 13.0. The molecule has 0 atom stereocenters. The van der Waals surface area contributed by atoms with Crippen molar-refractivity contribution in [1.82, 2.24) is 5.32 Å². The highest BCUT2D eigenvalue weighted by Gasteiger charge is 2.09. The van der Waals surface area contributed by atoms with Crippen LogP contribution in [0.4, 0.5) is 0 Å². The Bertz CT molecular complexity index is 616. The maximum absolute atomic E-state index is 11.0. The van der Waals surface area contributed by atoms with Crippen LogP contribution in [-0.4, -0.2) is 24.2 Å². The minimum Gasteiger partial charge on any atom is -0.491 e. The molecule has 0 heterocycles. The summed E-state index contributed by atoms with van der Waals surface area (Å²) in [6.45, 7) is 1.62. The van der Waals surface area contributed by atoms with Crippen molar-refractivity contribution < 1.29 is 14.6 Å². The minimum absolute atomic E-state index is 0.170. The first-order valence-corrected chi connectivity index (χ1v) is 6.95. The number of ether oxygens (including phenoxy) is 1. The Morgan fingerprint density at radius 3 is 2.62 bits per heavy atom. The Morgan fingerprint density at radius 2 is 1.86 bits per heavy atom. The second-order valence-corrected chi connectivity index (χ2v) is 4.83. The van der Waals surface area contributed by atoms with Gasteiger partial charge in [-0.15, -0.1) is 0 Å². The van der Waals surface area contributed by atoms with Crippen molar-refractivity contribution in [2.45, 2.75) is 6.54 Å². The lowest BCUT2D eigenvalue weighted by molar-refractivity contribution is 0.0692. The van der Waals surface area contributed by atoms with Crippen LogP contribution in [0.3, 0.4) is 0 Å². The van der Waals surface area contributed by atoms with Crippen LogP contribution in [0.15, 0.2) is 48.5 Å². The Balaban J connectivity index is 1.78. The summed E-state index contributed by atoms with van der Waals surface area (Å²) < 4.78 is 5.49. The molecule has 0 radical (unpaired) electrons.